The van der Waals surface area contributed by atoms with Gasteiger partial charge in [-0.15, -0.1) is 0 Å². The molecule has 110 valence electrons. The number of nitrogens with two attached hydrogens (primary N) is 1. The summed E-state index contributed by atoms with van der Waals surface area (Å²) in [6.07, 6.45) is 0. The van der Waals surface area contributed by atoms with E-state index in [0.717, 1.165) is 11.1 Å². The van der Waals surface area contributed by atoms with Crippen LogP contribution >= 0.6 is 12.2 Å². The lowest BCUT2D eigenvalue weighted by atomic mass is 10.1. The zero-order valence-electron chi connectivity index (χ0n) is 11.6. The summed E-state index contributed by atoms with van der Waals surface area (Å²) in [6.45, 7) is 0.258. The molecule has 2 aromatic carbocycles. The van der Waals surface area contributed by atoms with Crippen LogP contribution in [-0.4, -0.2) is 24.8 Å². The number of nitrogens with zero attached hydrogens (tertiary/aromatic N) is 1. The number of benzene rings is 2. The summed E-state index contributed by atoms with van der Waals surface area (Å²) in [6, 6.07) is 15.6. The van der Waals surface area contributed by atoms with E-state index in [-0.39, 0.29) is 11.4 Å². The van der Waals surface area contributed by atoms with Gasteiger partial charge in [-0.1, -0.05) is 48.6 Å². The second-order valence-corrected chi connectivity index (χ2v) is 7.12. The molecule has 21 heavy (non-hydrogen) atoms. The Kier molecular flexibility index (Phi) is 4.72. The van der Waals surface area contributed by atoms with Gasteiger partial charge in [0.2, 0.25) is 10.0 Å². The van der Waals surface area contributed by atoms with Crippen molar-refractivity contribution < 1.29 is 8.42 Å². The summed E-state index contributed by atoms with van der Waals surface area (Å²) in [7, 11) is -1.95. The molecule has 0 unspecified atom stereocenters. The van der Waals surface area contributed by atoms with Crippen LogP contribution < -0.4 is 5.73 Å². The van der Waals surface area contributed by atoms with E-state index in [0.29, 0.717) is 4.99 Å². The summed E-state index contributed by atoms with van der Waals surface area (Å²) in [5, 5.41) is 0. The van der Waals surface area contributed by atoms with Gasteiger partial charge in [0.05, 0.1) is 4.90 Å². The molecule has 0 spiro atoms. The van der Waals surface area contributed by atoms with Crippen molar-refractivity contribution in [2.45, 2.75) is 11.4 Å². The predicted octanol–water partition coefficient (Wildman–Crippen LogP) is 2.14. The lowest BCUT2D eigenvalue weighted by Crippen LogP contribution is -2.26. The summed E-state index contributed by atoms with van der Waals surface area (Å²) in [5.41, 5.74) is 7.15. The zero-order valence-corrected chi connectivity index (χ0v) is 13.2. The van der Waals surface area contributed by atoms with Crippen molar-refractivity contribution in [3.8, 4) is 0 Å². The number of sulfonamides is 1. The van der Waals surface area contributed by atoms with Gasteiger partial charge < -0.3 is 5.73 Å². The molecule has 0 saturated heterocycles. The Balaban J connectivity index is 2.24. The molecule has 0 heterocycles. The Bertz CT molecular complexity index is 743. The maximum atomic E-state index is 12.4. The van der Waals surface area contributed by atoms with E-state index >= 15 is 0 Å². The van der Waals surface area contributed by atoms with E-state index in [9.17, 15) is 8.42 Å². The van der Waals surface area contributed by atoms with Gasteiger partial charge in [0.25, 0.3) is 0 Å². The Hall–Kier alpha value is -1.76. The molecule has 0 fully saturated rings. The van der Waals surface area contributed by atoms with Crippen molar-refractivity contribution >= 4 is 27.2 Å². The quantitative estimate of drug-likeness (QED) is 0.857. The molecule has 0 bridgehead atoms. The van der Waals surface area contributed by atoms with Crippen LogP contribution in [0.2, 0.25) is 0 Å². The van der Waals surface area contributed by atoms with Gasteiger partial charge in [-0.25, -0.2) is 8.42 Å². The normalized spacial score (nSPS) is 11.5. The predicted molar refractivity (Wildman–Crippen MR) is 87.4 cm³/mol. The third kappa shape index (κ3) is 3.66. The third-order valence-corrected chi connectivity index (χ3v) is 5.12. The first-order chi connectivity index (χ1) is 9.91. The van der Waals surface area contributed by atoms with Gasteiger partial charge in [-0.2, -0.15) is 4.31 Å². The lowest BCUT2D eigenvalue weighted by Gasteiger charge is -2.17. The molecule has 0 atom stereocenters. The van der Waals surface area contributed by atoms with Crippen molar-refractivity contribution in [1.29, 1.82) is 0 Å². The fourth-order valence-corrected chi connectivity index (χ4v) is 3.24. The van der Waals surface area contributed by atoms with Gasteiger partial charge in [0.15, 0.2) is 0 Å². The molecule has 0 aliphatic carbocycles. The van der Waals surface area contributed by atoms with Crippen LogP contribution in [0, 0.1) is 0 Å². The van der Waals surface area contributed by atoms with Crippen molar-refractivity contribution in [2.75, 3.05) is 7.05 Å². The smallest absolute Gasteiger partial charge is 0.243 e. The van der Waals surface area contributed by atoms with Crippen LogP contribution in [0.25, 0.3) is 0 Å². The van der Waals surface area contributed by atoms with E-state index in [1.165, 1.54) is 4.31 Å². The highest BCUT2D eigenvalue weighted by Crippen LogP contribution is 2.16. The van der Waals surface area contributed by atoms with Crippen LogP contribution in [0.3, 0.4) is 0 Å². The molecule has 2 rings (SSSR count). The van der Waals surface area contributed by atoms with Gasteiger partial charge in [-0.05, 0) is 23.8 Å². The number of hydrogen-bond acceptors (Lipinski definition) is 3. The Morgan fingerprint density at radius 3 is 2.43 bits per heavy atom. The van der Waals surface area contributed by atoms with Gasteiger partial charge in [-0.3, -0.25) is 0 Å². The first-order valence-corrected chi connectivity index (χ1v) is 8.16. The second-order valence-electron chi connectivity index (χ2n) is 4.64. The van der Waals surface area contributed by atoms with Crippen LogP contribution in [0.4, 0.5) is 0 Å². The monoisotopic (exact) mass is 320 g/mol. The molecule has 2 N–H and O–H groups in total. The Morgan fingerprint density at radius 1 is 1.14 bits per heavy atom. The minimum atomic E-state index is -3.50. The van der Waals surface area contributed by atoms with Crippen molar-refractivity contribution in [1.82, 2.24) is 4.31 Å². The highest BCUT2D eigenvalue weighted by atomic mass is 32.2. The molecule has 4 nitrogen and oxygen atoms in total. The first-order valence-electron chi connectivity index (χ1n) is 6.31. The second kappa shape index (κ2) is 6.34. The number of thiocarbonyl (C=S) groups is 1. The maximum Gasteiger partial charge on any atom is 0.243 e. The molecule has 0 amide bonds. The molecule has 0 saturated carbocycles. The fourth-order valence-electron chi connectivity index (χ4n) is 1.94. The van der Waals surface area contributed by atoms with Crippen LogP contribution in [0.15, 0.2) is 59.5 Å². The lowest BCUT2D eigenvalue weighted by molar-refractivity contribution is 0.466. The van der Waals surface area contributed by atoms with Crippen molar-refractivity contribution in [3.63, 3.8) is 0 Å². The molecule has 0 radical (unpaired) electrons. The molecule has 0 aromatic heterocycles. The maximum absolute atomic E-state index is 12.4. The van der Waals surface area contributed by atoms with Crippen LogP contribution in [0.1, 0.15) is 11.1 Å². The Morgan fingerprint density at radius 2 is 1.81 bits per heavy atom. The molecule has 2 aromatic rings. The minimum Gasteiger partial charge on any atom is -0.389 e. The average Bonchev–Trinajstić information content (AvgIpc) is 2.48. The van der Waals surface area contributed by atoms with Gasteiger partial charge in [0.1, 0.15) is 4.99 Å². The van der Waals surface area contributed by atoms with E-state index < -0.39 is 10.0 Å². The summed E-state index contributed by atoms with van der Waals surface area (Å²) < 4.78 is 26.2. The summed E-state index contributed by atoms with van der Waals surface area (Å²) in [5.74, 6) is 0. The standard InChI is InChI=1S/C15H16N2O2S2/c1-17(21(18,19)14-8-3-2-4-9-14)11-12-6-5-7-13(10-12)15(16)20/h2-10H,11H2,1H3,(H2,16,20). The summed E-state index contributed by atoms with van der Waals surface area (Å²) >= 11 is 4.93. The fraction of sp³-hybridized carbons (Fsp3) is 0.133. The van der Waals surface area contributed by atoms with Crippen molar-refractivity contribution in [2.24, 2.45) is 5.73 Å². The Labute approximate surface area is 130 Å². The van der Waals surface area contributed by atoms with E-state index in [4.69, 9.17) is 18.0 Å². The molecular weight excluding hydrogens is 304 g/mol. The molecule has 0 aliphatic rings. The zero-order chi connectivity index (χ0) is 15.5. The highest BCUT2D eigenvalue weighted by Gasteiger charge is 2.20. The molecular formula is C15H16N2O2S2. The average molecular weight is 320 g/mol. The molecule has 6 heteroatoms. The summed E-state index contributed by atoms with van der Waals surface area (Å²) in [4.78, 5) is 0.573. The number of rotatable bonds is 5. The van der Waals surface area contributed by atoms with Crippen molar-refractivity contribution in [3.05, 3.63) is 65.7 Å². The van der Waals surface area contributed by atoms with Gasteiger partial charge in [0, 0.05) is 19.2 Å². The third-order valence-electron chi connectivity index (χ3n) is 3.07. The minimum absolute atomic E-state index is 0.258. The van der Waals surface area contributed by atoms with E-state index in [1.807, 2.05) is 12.1 Å². The largest absolute Gasteiger partial charge is 0.389 e. The van der Waals surface area contributed by atoms with Crippen LogP contribution in [0.5, 0.6) is 0 Å². The van der Waals surface area contributed by atoms with Gasteiger partial charge >= 0.3 is 0 Å². The van der Waals surface area contributed by atoms with E-state index in [2.05, 4.69) is 0 Å². The topological polar surface area (TPSA) is 63.4 Å². The first kappa shape index (κ1) is 15.6. The highest BCUT2D eigenvalue weighted by molar-refractivity contribution is 7.89. The SMILES string of the molecule is CN(Cc1cccc(C(N)=S)c1)S(=O)(=O)c1ccccc1. The van der Waals surface area contributed by atoms with Crippen LogP contribution in [-0.2, 0) is 16.6 Å². The van der Waals surface area contributed by atoms with E-state index in [1.54, 1.807) is 49.5 Å². The molecule has 0 aliphatic heterocycles. The number of hydrogen-bond donors (Lipinski definition) is 1.